The third kappa shape index (κ3) is 4.60. The molecule has 1 saturated carbocycles. The Kier molecular flexibility index (Phi) is 6.45. The number of benzene rings is 1. The highest BCUT2D eigenvalue weighted by molar-refractivity contribution is 5.94. The minimum absolute atomic E-state index is 0.107. The number of aliphatic hydroxyl groups is 1. The fourth-order valence-corrected chi connectivity index (χ4v) is 4.18. The second-order valence-electron chi connectivity index (χ2n) is 7.30. The molecule has 3 atom stereocenters. The molecule has 25 heavy (non-hydrogen) atoms. The van der Waals surface area contributed by atoms with Crippen LogP contribution in [0.4, 0.5) is 0 Å². The summed E-state index contributed by atoms with van der Waals surface area (Å²) in [5.74, 6) is -0.107. The van der Waals surface area contributed by atoms with Gasteiger partial charge in [0.25, 0.3) is 5.91 Å². The molecule has 3 rings (SSSR count). The van der Waals surface area contributed by atoms with E-state index in [0.29, 0.717) is 12.2 Å². The first-order chi connectivity index (χ1) is 12.2. The average molecular weight is 346 g/mol. The Hall–Kier alpha value is -1.43. The maximum atomic E-state index is 12.7. The van der Waals surface area contributed by atoms with E-state index in [1.54, 1.807) is 7.11 Å². The van der Waals surface area contributed by atoms with Gasteiger partial charge in [-0.25, -0.2) is 0 Å². The Morgan fingerprint density at radius 1 is 1.24 bits per heavy atom. The van der Waals surface area contributed by atoms with Crippen LogP contribution in [0.5, 0.6) is 0 Å². The third-order valence-electron chi connectivity index (χ3n) is 5.50. The maximum Gasteiger partial charge on any atom is 0.251 e. The molecule has 1 aliphatic carbocycles. The number of aliphatic hydroxyl groups excluding tert-OH is 1. The number of carbonyl (C=O) groups excluding carboxylic acids is 1. The molecule has 0 aromatic heterocycles. The Morgan fingerprint density at radius 2 is 2.00 bits per heavy atom. The van der Waals surface area contributed by atoms with E-state index in [-0.39, 0.29) is 18.0 Å². The van der Waals surface area contributed by atoms with E-state index >= 15 is 0 Å². The van der Waals surface area contributed by atoms with Gasteiger partial charge in [0, 0.05) is 18.7 Å². The number of rotatable bonds is 5. The molecule has 0 unspecified atom stereocenters. The van der Waals surface area contributed by atoms with Crippen LogP contribution in [0.2, 0.25) is 0 Å². The lowest BCUT2D eigenvalue weighted by molar-refractivity contribution is 0.0338. The lowest BCUT2D eigenvalue weighted by Crippen LogP contribution is -2.52. The molecule has 138 valence electrons. The maximum absolute atomic E-state index is 12.7. The molecule has 1 aromatic carbocycles. The monoisotopic (exact) mass is 346 g/mol. The predicted molar refractivity (Wildman–Crippen MR) is 97.5 cm³/mol. The molecule has 1 saturated heterocycles. The zero-order chi connectivity index (χ0) is 17.6. The van der Waals surface area contributed by atoms with E-state index in [2.05, 4.69) is 10.2 Å². The number of hydrogen-bond acceptors (Lipinski definition) is 4. The molecular weight excluding hydrogens is 316 g/mol. The number of nitrogens with one attached hydrogen (secondary N) is 1. The van der Waals surface area contributed by atoms with Gasteiger partial charge in [-0.1, -0.05) is 25.0 Å². The van der Waals surface area contributed by atoms with E-state index < -0.39 is 6.10 Å². The minimum Gasteiger partial charge on any atom is -0.389 e. The molecule has 0 radical (unpaired) electrons. The van der Waals surface area contributed by atoms with Crippen molar-refractivity contribution in [2.24, 2.45) is 0 Å². The Bertz CT molecular complexity index is 572. The normalized spacial score (nSPS) is 27.8. The predicted octanol–water partition coefficient (Wildman–Crippen LogP) is 2.33. The molecule has 0 spiro atoms. The first kappa shape index (κ1) is 18.4. The lowest BCUT2D eigenvalue weighted by Gasteiger charge is -2.34. The summed E-state index contributed by atoms with van der Waals surface area (Å²) in [7, 11) is 1.65. The lowest BCUT2D eigenvalue weighted by atomic mass is 9.99. The second kappa shape index (κ2) is 8.79. The summed E-state index contributed by atoms with van der Waals surface area (Å²) in [6.45, 7) is 2.63. The molecule has 2 aliphatic rings. The minimum atomic E-state index is -0.494. The summed E-state index contributed by atoms with van der Waals surface area (Å²) in [4.78, 5) is 15.1. The first-order valence-corrected chi connectivity index (χ1v) is 9.50. The highest BCUT2D eigenvalue weighted by Crippen LogP contribution is 2.26. The molecule has 2 fully saturated rings. The molecule has 1 heterocycles. The quantitative estimate of drug-likeness (QED) is 0.804. The van der Waals surface area contributed by atoms with Gasteiger partial charge >= 0.3 is 0 Å². The summed E-state index contributed by atoms with van der Waals surface area (Å²) < 4.78 is 5.14. The average Bonchev–Trinajstić information content (AvgIpc) is 3.09. The summed E-state index contributed by atoms with van der Waals surface area (Å²) in [6, 6.07) is 7.50. The van der Waals surface area contributed by atoms with Gasteiger partial charge in [0.1, 0.15) is 0 Å². The van der Waals surface area contributed by atoms with Crippen molar-refractivity contribution >= 4 is 5.91 Å². The number of likely N-dealkylation sites (tertiary alicyclic amines) is 1. The van der Waals surface area contributed by atoms with Crippen molar-refractivity contribution in [2.75, 3.05) is 20.2 Å². The zero-order valence-corrected chi connectivity index (χ0v) is 15.1. The van der Waals surface area contributed by atoms with Gasteiger partial charge in [-0.2, -0.15) is 0 Å². The molecule has 1 aliphatic heterocycles. The van der Waals surface area contributed by atoms with Crippen LogP contribution < -0.4 is 5.32 Å². The van der Waals surface area contributed by atoms with Crippen molar-refractivity contribution in [3.63, 3.8) is 0 Å². The molecule has 2 N–H and O–H groups in total. The van der Waals surface area contributed by atoms with E-state index in [1.165, 1.54) is 12.8 Å². The fourth-order valence-electron chi connectivity index (χ4n) is 4.18. The SMILES string of the molecule is COCc1cccc(C(=O)N[C@@H]2CCCC[C@@H](N3CCCC3)[C@@H]2O)c1. The topological polar surface area (TPSA) is 61.8 Å². The number of amides is 1. The highest BCUT2D eigenvalue weighted by Gasteiger charge is 2.35. The van der Waals surface area contributed by atoms with E-state index in [9.17, 15) is 9.90 Å². The van der Waals surface area contributed by atoms with Crippen molar-refractivity contribution < 1.29 is 14.6 Å². The zero-order valence-electron chi connectivity index (χ0n) is 15.1. The van der Waals surface area contributed by atoms with Crippen molar-refractivity contribution in [3.05, 3.63) is 35.4 Å². The van der Waals surface area contributed by atoms with E-state index in [1.807, 2.05) is 24.3 Å². The van der Waals surface area contributed by atoms with Crippen LogP contribution in [0, 0.1) is 0 Å². The van der Waals surface area contributed by atoms with Crippen LogP contribution in [-0.2, 0) is 11.3 Å². The largest absolute Gasteiger partial charge is 0.389 e. The third-order valence-corrected chi connectivity index (χ3v) is 5.50. The Balaban J connectivity index is 1.67. The summed E-state index contributed by atoms with van der Waals surface area (Å²) in [5.41, 5.74) is 1.61. The van der Waals surface area contributed by atoms with Crippen molar-refractivity contribution in [2.45, 2.75) is 63.3 Å². The van der Waals surface area contributed by atoms with Gasteiger partial charge in [-0.05, 0) is 56.5 Å². The number of ether oxygens (including phenoxy) is 1. The number of carbonyl (C=O) groups is 1. The highest BCUT2D eigenvalue weighted by atomic mass is 16.5. The van der Waals surface area contributed by atoms with Crippen LogP contribution in [0.25, 0.3) is 0 Å². The van der Waals surface area contributed by atoms with Crippen LogP contribution in [0.1, 0.15) is 54.4 Å². The fraction of sp³-hybridized carbons (Fsp3) is 0.650. The van der Waals surface area contributed by atoms with E-state index in [0.717, 1.165) is 44.3 Å². The smallest absolute Gasteiger partial charge is 0.251 e. The standard InChI is InChI=1S/C20H30N2O3/c1-25-14-15-7-6-8-16(13-15)20(24)21-17-9-2-3-10-18(19(17)23)22-11-4-5-12-22/h6-8,13,17-19,23H,2-5,9-12,14H2,1H3,(H,21,24)/t17-,18-,19-/m1/s1. The van der Waals surface area contributed by atoms with Crippen molar-refractivity contribution in [1.82, 2.24) is 10.2 Å². The Morgan fingerprint density at radius 3 is 2.76 bits per heavy atom. The van der Waals surface area contributed by atoms with E-state index in [4.69, 9.17) is 4.74 Å². The van der Waals surface area contributed by atoms with Gasteiger partial charge in [-0.15, -0.1) is 0 Å². The molecular formula is C20H30N2O3. The second-order valence-corrected chi connectivity index (χ2v) is 7.30. The van der Waals surface area contributed by atoms with Crippen molar-refractivity contribution in [3.8, 4) is 0 Å². The van der Waals surface area contributed by atoms with Gasteiger partial charge < -0.3 is 15.2 Å². The van der Waals surface area contributed by atoms with Gasteiger partial charge in [-0.3, -0.25) is 9.69 Å². The summed E-state index contributed by atoms with van der Waals surface area (Å²) in [6.07, 6.45) is 5.97. The first-order valence-electron chi connectivity index (χ1n) is 9.50. The molecule has 5 nitrogen and oxygen atoms in total. The molecule has 1 aromatic rings. The van der Waals surface area contributed by atoms with Crippen LogP contribution in [0.3, 0.4) is 0 Å². The van der Waals surface area contributed by atoms with Crippen molar-refractivity contribution in [1.29, 1.82) is 0 Å². The summed E-state index contributed by atoms with van der Waals surface area (Å²) >= 11 is 0. The number of hydrogen-bond donors (Lipinski definition) is 2. The molecule has 0 bridgehead atoms. The van der Waals surface area contributed by atoms with Crippen LogP contribution in [0.15, 0.2) is 24.3 Å². The molecule has 1 amide bonds. The van der Waals surface area contributed by atoms with Gasteiger partial charge in [0.05, 0.1) is 18.8 Å². The Labute approximate surface area is 150 Å². The summed E-state index contributed by atoms with van der Waals surface area (Å²) in [5, 5.41) is 14.0. The van der Waals surface area contributed by atoms with Crippen LogP contribution in [-0.4, -0.2) is 54.3 Å². The van der Waals surface area contributed by atoms with Crippen LogP contribution >= 0.6 is 0 Å². The molecule has 5 heteroatoms. The van der Waals surface area contributed by atoms with Gasteiger partial charge in [0.2, 0.25) is 0 Å². The number of nitrogens with zero attached hydrogens (tertiary/aromatic N) is 1. The van der Waals surface area contributed by atoms with Gasteiger partial charge in [0.15, 0.2) is 0 Å². The number of methoxy groups -OCH3 is 1.